The van der Waals surface area contributed by atoms with Gasteiger partial charge in [0.05, 0.1) is 34.9 Å². The molecule has 1 fully saturated rings. The number of halogens is 4. The van der Waals surface area contributed by atoms with E-state index >= 15 is 4.39 Å². The van der Waals surface area contributed by atoms with E-state index in [0.717, 1.165) is 49.6 Å². The first-order valence-corrected chi connectivity index (χ1v) is 15.4. The van der Waals surface area contributed by atoms with Crippen LogP contribution in [0.5, 0.6) is 0 Å². The fourth-order valence-corrected chi connectivity index (χ4v) is 5.69. The molecule has 5 aromatic rings. The van der Waals surface area contributed by atoms with Crippen molar-refractivity contribution in [3.8, 4) is 11.8 Å². The quantitative estimate of drug-likeness (QED) is 0.170. The monoisotopic (exact) mass is 658 g/mol. The molecule has 48 heavy (non-hydrogen) atoms. The van der Waals surface area contributed by atoms with E-state index in [1.807, 2.05) is 38.6 Å². The van der Waals surface area contributed by atoms with Crippen molar-refractivity contribution in [3.63, 3.8) is 0 Å². The van der Waals surface area contributed by atoms with Gasteiger partial charge in [-0.15, -0.1) is 0 Å². The maximum Gasteiger partial charge on any atom is 0.416 e. The highest BCUT2D eigenvalue weighted by Crippen LogP contribution is 2.33. The Bertz CT molecular complexity index is 2040. The number of alkyl halides is 3. The Morgan fingerprint density at radius 3 is 2.60 bits per heavy atom. The van der Waals surface area contributed by atoms with Crippen molar-refractivity contribution < 1.29 is 22.4 Å². The van der Waals surface area contributed by atoms with E-state index in [0.29, 0.717) is 41.1 Å². The lowest BCUT2D eigenvalue weighted by Gasteiger charge is -2.21. The molecule has 0 spiro atoms. The number of carbonyl (C=O) groups is 1. The number of benzene rings is 2. The summed E-state index contributed by atoms with van der Waals surface area (Å²) in [6.45, 7) is 5.15. The molecule has 9 nitrogen and oxygen atoms in total. The fourth-order valence-electron chi connectivity index (χ4n) is 5.69. The molecule has 1 amide bonds. The first-order chi connectivity index (χ1) is 22.9. The molecule has 2 aromatic carbocycles. The van der Waals surface area contributed by atoms with E-state index in [1.54, 1.807) is 28.4 Å². The molecule has 1 aliphatic heterocycles. The third-order valence-electron chi connectivity index (χ3n) is 8.20. The van der Waals surface area contributed by atoms with E-state index in [1.165, 1.54) is 18.2 Å². The molecule has 248 valence electrons. The van der Waals surface area contributed by atoms with Gasteiger partial charge >= 0.3 is 6.18 Å². The Morgan fingerprint density at radius 1 is 1.00 bits per heavy atom. The zero-order chi connectivity index (χ0) is 34.0. The average molecular weight is 659 g/mol. The molecule has 0 atom stereocenters. The van der Waals surface area contributed by atoms with Crippen LogP contribution in [0.25, 0.3) is 5.65 Å². The van der Waals surface area contributed by atoms with Gasteiger partial charge in [0.15, 0.2) is 5.65 Å². The lowest BCUT2D eigenvalue weighted by Crippen LogP contribution is -2.28. The summed E-state index contributed by atoms with van der Waals surface area (Å²) in [4.78, 5) is 22.1. The summed E-state index contributed by atoms with van der Waals surface area (Å²) in [6.07, 6.45) is 3.22. The molecule has 2 N–H and O–H groups in total. The van der Waals surface area contributed by atoms with Crippen LogP contribution in [-0.4, -0.2) is 68.1 Å². The molecule has 0 radical (unpaired) electrons. The van der Waals surface area contributed by atoms with Crippen molar-refractivity contribution in [1.29, 1.82) is 0 Å². The second kappa shape index (κ2) is 13.5. The van der Waals surface area contributed by atoms with Crippen LogP contribution in [0, 0.1) is 24.6 Å². The predicted molar refractivity (Wildman–Crippen MR) is 176 cm³/mol. The number of nitrogens with zero attached hydrogens (tertiary/aromatic N) is 6. The molecule has 13 heteroatoms. The SMILES string of the molecule is Cc1cc(F)c(C(=O)Nc2cc(CN3CCCN(C)CC3)cc(C(F)(F)F)c2)cc1C#Cc1cnc2c(Nc3cnn(C)c3)cccn12. The molecule has 0 bridgehead atoms. The standard InChI is InChI=1S/C35H34F4N8O/c1-23-14-31(36)30(17-25(23)7-8-29-20-40-33-32(6-4-11-47(29)33)42-28-19-41-45(3)22-28)34(48)43-27-16-24(15-26(18-27)35(37,38)39)21-46-10-5-9-44(2)12-13-46/h4,6,11,14-20,22,42H,5,9-10,12-13,21H2,1-3H3,(H,43,48). The number of imidazole rings is 1. The van der Waals surface area contributed by atoms with Crippen molar-refractivity contribution >= 4 is 28.6 Å². The summed E-state index contributed by atoms with van der Waals surface area (Å²) in [5.74, 6) is 4.38. The van der Waals surface area contributed by atoms with Gasteiger partial charge < -0.3 is 15.5 Å². The molecule has 0 aliphatic carbocycles. The Morgan fingerprint density at radius 2 is 1.83 bits per heavy atom. The number of hydrogen-bond donors (Lipinski definition) is 2. The minimum absolute atomic E-state index is 0.0641. The summed E-state index contributed by atoms with van der Waals surface area (Å²) in [5.41, 5.74) is 2.73. The molecule has 3 aromatic heterocycles. The van der Waals surface area contributed by atoms with Gasteiger partial charge in [-0.25, -0.2) is 9.37 Å². The first kappa shape index (κ1) is 32.7. The minimum Gasteiger partial charge on any atom is -0.350 e. The number of likely N-dealkylation sites (N-methyl/N-ethyl adjacent to an activating group) is 1. The van der Waals surface area contributed by atoms with E-state index in [9.17, 15) is 18.0 Å². The van der Waals surface area contributed by atoms with Crippen molar-refractivity contribution in [2.24, 2.45) is 7.05 Å². The summed E-state index contributed by atoms with van der Waals surface area (Å²) in [6, 6.07) is 9.70. The van der Waals surface area contributed by atoms with E-state index in [-0.39, 0.29) is 11.3 Å². The Balaban J connectivity index is 1.25. The molecule has 0 unspecified atom stereocenters. The smallest absolute Gasteiger partial charge is 0.350 e. The number of hydrogen-bond acceptors (Lipinski definition) is 6. The molecule has 1 aliphatic rings. The van der Waals surface area contributed by atoms with Gasteiger partial charge in [0.25, 0.3) is 5.91 Å². The summed E-state index contributed by atoms with van der Waals surface area (Å²) < 4.78 is 60.2. The van der Waals surface area contributed by atoms with Gasteiger partial charge in [-0.1, -0.05) is 5.92 Å². The number of rotatable bonds is 6. The second-order valence-electron chi connectivity index (χ2n) is 12.0. The number of nitrogens with one attached hydrogen (secondary N) is 2. The normalized spacial score (nSPS) is 14.4. The Labute approximate surface area is 275 Å². The zero-order valence-corrected chi connectivity index (χ0v) is 26.7. The fraction of sp³-hybridized carbons (Fsp3) is 0.286. The van der Waals surface area contributed by atoms with Crippen LogP contribution in [0.15, 0.2) is 67.3 Å². The van der Waals surface area contributed by atoms with Crippen molar-refractivity contribution in [3.05, 3.63) is 107 Å². The van der Waals surface area contributed by atoms with Crippen LogP contribution < -0.4 is 10.6 Å². The number of amides is 1. The van der Waals surface area contributed by atoms with Gasteiger partial charge in [0.1, 0.15) is 11.5 Å². The van der Waals surface area contributed by atoms with Crippen LogP contribution >= 0.6 is 0 Å². The minimum atomic E-state index is -4.63. The molecular formula is C35H34F4N8O. The van der Waals surface area contributed by atoms with Crippen LogP contribution in [0.2, 0.25) is 0 Å². The van der Waals surface area contributed by atoms with Crippen LogP contribution in [0.1, 0.15) is 44.7 Å². The van der Waals surface area contributed by atoms with Crippen molar-refractivity contribution in [2.45, 2.75) is 26.1 Å². The molecule has 1 saturated heterocycles. The van der Waals surface area contributed by atoms with Crippen molar-refractivity contribution in [1.82, 2.24) is 29.0 Å². The van der Waals surface area contributed by atoms with Gasteiger partial charge in [-0.3, -0.25) is 18.8 Å². The van der Waals surface area contributed by atoms with E-state index in [2.05, 4.69) is 42.4 Å². The topological polar surface area (TPSA) is 82.7 Å². The lowest BCUT2D eigenvalue weighted by atomic mass is 10.0. The van der Waals surface area contributed by atoms with Crippen LogP contribution in [0.3, 0.4) is 0 Å². The summed E-state index contributed by atoms with van der Waals surface area (Å²) in [7, 11) is 3.83. The molecule has 6 rings (SSSR count). The number of anilines is 3. The van der Waals surface area contributed by atoms with Gasteiger partial charge in [-0.05, 0) is 93.0 Å². The molecule has 4 heterocycles. The maximum absolute atomic E-state index is 15.1. The van der Waals surface area contributed by atoms with Gasteiger partial charge in [-0.2, -0.15) is 18.3 Å². The summed E-state index contributed by atoms with van der Waals surface area (Å²) >= 11 is 0. The summed E-state index contributed by atoms with van der Waals surface area (Å²) in [5, 5.41) is 9.94. The molecular weight excluding hydrogens is 624 g/mol. The third kappa shape index (κ3) is 7.51. The lowest BCUT2D eigenvalue weighted by molar-refractivity contribution is -0.137. The number of aryl methyl sites for hydroxylation is 2. The van der Waals surface area contributed by atoms with Gasteiger partial charge in [0, 0.05) is 50.3 Å². The Hall–Kier alpha value is -5.19. The van der Waals surface area contributed by atoms with Gasteiger partial charge in [0.2, 0.25) is 0 Å². The number of carbonyl (C=O) groups excluding carboxylic acids is 1. The molecule has 0 saturated carbocycles. The first-order valence-electron chi connectivity index (χ1n) is 15.4. The highest BCUT2D eigenvalue weighted by atomic mass is 19.4. The van der Waals surface area contributed by atoms with Crippen LogP contribution in [-0.2, 0) is 19.8 Å². The highest BCUT2D eigenvalue weighted by Gasteiger charge is 2.32. The average Bonchev–Trinajstić information content (AvgIpc) is 3.58. The Kier molecular flexibility index (Phi) is 9.21. The number of pyridine rings is 1. The van der Waals surface area contributed by atoms with Crippen molar-refractivity contribution in [2.75, 3.05) is 43.9 Å². The predicted octanol–water partition coefficient (Wildman–Crippen LogP) is 6.07. The van der Waals surface area contributed by atoms with Crippen LogP contribution in [0.4, 0.5) is 34.6 Å². The maximum atomic E-state index is 15.1. The largest absolute Gasteiger partial charge is 0.416 e. The number of fused-ring (bicyclic) bond motifs is 1. The van der Waals surface area contributed by atoms with E-state index < -0.39 is 23.5 Å². The third-order valence-corrected chi connectivity index (χ3v) is 8.20. The number of aromatic nitrogens is 4. The second-order valence-corrected chi connectivity index (χ2v) is 12.0. The zero-order valence-electron chi connectivity index (χ0n) is 26.7. The van der Waals surface area contributed by atoms with E-state index in [4.69, 9.17) is 0 Å². The highest BCUT2D eigenvalue weighted by molar-refractivity contribution is 6.04.